The van der Waals surface area contributed by atoms with Crippen molar-refractivity contribution in [3.05, 3.63) is 29.3 Å². The van der Waals surface area contributed by atoms with Crippen LogP contribution < -0.4 is 4.90 Å². The summed E-state index contributed by atoms with van der Waals surface area (Å²) in [5.74, 6) is 0. The van der Waals surface area contributed by atoms with Crippen molar-refractivity contribution in [3.63, 3.8) is 0 Å². The molecule has 0 bridgehead atoms. The Hall–Kier alpha value is -0.690. The molecule has 0 heterocycles. The number of halogens is 1. The summed E-state index contributed by atoms with van der Waals surface area (Å²) < 4.78 is 0. The van der Waals surface area contributed by atoms with Gasteiger partial charge in [0.25, 0.3) is 0 Å². The van der Waals surface area contributed by atoms with Gasteiger partial charge in [-0.1, -0.05) is 12.1 Å². The molecule has 0 spiro atoms. The summed E-state index contributed by atoms with van der Waals surface area (Å²) in [5, 5.41) is 0. The predicted octanol–water partition coefficient (Wildman–Crippen LogP) is 2.94. The second kappa shape index (κ2) is 3.81. The minimum Gasteiger partial charge on any atom is -0.361 e. The zero-order valence-corrected chi connectivity index (χ0v) is 8.52. The van der Waals surface area contributed by atoms with E-state index in [1.54, 1.807) is 0 Å². The first kappa shape index (κ1) is 9.40. The Morgan fingerprint density at radius 3 is 2.58 bits per heavy atom. The van der Waals surface area contributed by atoms with Crippen LogP contribution in [0.5, 0.6) is 0 Å². The van der Waals surface area contributed by atoms with Gasteiger partial charge in [-0.15, -0.1) is 11.6 Å². The van der Waals surface area contributed by atoms with Crippen molar-refractivity contribution in [2.45, 2.75) is 13.8 Å². The van der Waals surface area contributed by atoms with Crippen LogP contribution in [0.2, 0.25) is 0 Å². The van der Waals surface area contributed by atoms with Crippen molar-refractivity contribution in [2.75, 3.05) is 18.0 Å². The second-order valence-corrected chi connectivity index (χ2v) is 3.35. The SMILES string of the molecule is Cc1ccc(C)c(N(C)CCl)c1. The maximum absolute atomic E-state index is 5.74. The molecule has 0 aliphatic rings. The van der Waals surface area contributed by atoms with Crippen LogP contribution >= 0.6 is 11.6 Å². The summed E-state index contributed by atoms with van der Waals surface area (Å²) in [5.41, 5.74) is 3.75. The maximum Gasteiger partial charge on any atom is 0.0925 e. The third kappa shape index (κ3) is 1.92. The monoisotopic (exact) mass is 183 g/mol. The Kier molecular flexibility index (Phi) is 2.99. The van der Waals surface area contributed by atoms with E-state index in [2.05, 4.69) is 32.0 Å². The van der Waals surface area contributed by atoms with Crippen LogP contribution in [0.3, 0.4) is 0 Å². The fraction of sp³-hybridized carbons (Fsp3) is 0.400. The van der Waals surface area contributed by atoms with Crippen molar-refractivity contribution < 1.29 is 0 Å². The van der Waals surface area contributed by atoms with E-state index in [1.807, 2.05) is 11.9 Å². The van der Waals surface area contributed by atoms with Gasteiger partial charge in [-0.05, 0) is 31.0 Å². The van der Waals surface area contributed by atoms with E-state index < -0.39 is 0 Å². The van der Waals surface area contributed by atoms with Gasteiger partial charge in [0.15, 0.2) is 0 Å². The smallest absolute Gasteiger partial charge is 0.0925 e. The second-order valence-electron chi connectivity index (χ2n) is 3.11. The minimum atomic E-state index is 0.532. The molecule has 0 saturated heterocycles. The quantitative estimate of drug-likeness (QED) is 0.504. The highest BCUT2D eigenvalue weighted by Gasteiger charge is 2.02. The molecule has 0 aromatic heterocycles. The molecule has 0 fully saturated rings. The molecule has 0 N–H and O–H groups in total. The third-order valence-electron chi connectivity index (χ3n) is 1.96. The van der Waals surface area contributed by atoms with Crippen molar-refractivity contribution in [3.8, 4) is 0 Å². The Morgan fingerprint density at radius 2 is 2.00 bits per heavy atom. The summed E-state index contributed by atoms with van der Waals surface area (Å²) in [7, 11) is 1.99. The number of alkyl halides is 1. The largest absolute Gasteiger partial charge is 0.361 e. The molecule has 2 heteroatoms. The van der Waals surface area contributed by atoms with Gasteiger partial charge in [0.2, 0.25) is 0 Å². The van der Waals surface area contributed by atoms with E-state index in [4.69, 9.17) is 11.6 Å². The van der Waals surface area contributed by atoms with Crippen LogP contribution in [-0.4, -0.2) is 13.1 Å². The molecule has 0 unspecified atom stereocenters. The first-order chi connectivity index (χ1) is 5.65. The zero-order valence-electron chi connectivity index (χ0n) is 7.76. The summed E-state index contributed by atoms with van der Waals surface area (Å²) >= 11 is 5.74. The molecule has 1 aromatic carbocycles. The van der Waals surface area contributed by atoms with E-state index in [-0.39, 0.29) is 0 Å². The van der Waals surface area contributed by atoms with Crippen molar-refractivity contribution >= 4 is 17.3 Å². The normalized spacial score (nSPS) is 10.0. The first-order valence-electron chi connectivity index (χ1n) is 3.99. The molecule has 12 heavy (non-hydrogen) atoms. The molecule has 1 nitrogen and oxygen atoms in total. The molecule has 0 saturated carbocycles. The highest BCUT2D eigenvalue weighted by atomic mass is 35.5. The number of hydrogen-bond acceptors (Lipinski definition) is 1. The molecule has 0 amide bonds. The zero-order chi connectivity index (χ0) is 9.14. The van der Waals surface area contributed by atoms with Crippen LogP contribution in [0, 0.1) is 13.8 Å². The van der Waals surface area contributed by atoms with Crippen LogP contribution in [0.25, 0.3) is 0 Å². The van der Waals surface area contributed by atoms with Crippen LogP contribution in [0.15, 0.2) is 18.2 Å². The number of rotatable bonds is 2. The van der Waals surface area contributed by atoms with Gasteiger partial charge in [0.05, 0.1) is 6.00 Å². The van der Waals surface area contributed by atoms with Crippen molar-refractivity contribution in [1.82, 2.24) is 0 Å². The summed E-state index contributed by atoms with van der Waals surface area (Å²) in [4.78, 5) is 2.03. The fourth-order valence-corrected chi connectivity index (χ4v) is 1.32. The number of benzene rings is 1. The van der Waals surface area contributed by atoms with Gasteiger partial charge < -0.3 is 4.90 Å². The van der Waals surface area contributed by atoms with Gasteiger partial charge in [-0.2, -0.15) is 0 Å². The molecular formula is C10H14ClN. The number of nitrogens with zero attached hydrogens (tertiary/aromatic N) is 1. The molecule has 0 radical (unpaired) electrons. The van der Waals surface area contributed by atoms with Gasteiger partial charge in [-0.3, -0.25) is 0 Å². The lowest BCUT2D eigenvalue weighted by Crippen LogP contribution is -2.15. The van der Waals surface area contributed by atoms with E-state index in [1.165, 1.54) is 16.8 Å². The van der Waals surface area contributed by atoms with E-state index in [9.17, 15) is 0 Å². The van der Waals surface area contributed by atoms with Gasteiger partial charge >= 0.3 is 0 Å². The Labute approximate surface area is 79.0 Å². The number of aryl methyl sites for hydroxylation is 2. The lowest BCUT2D eigenvalue weighted by Gasteiger charge is -2.18. The molecule has 0 atom stereocenters. The predicted molar refractivity (Wildman–Crippen MR) is 55.0 cm³/mol. The van der Waals surface area contributed by atoms with Gasteiger partial charge in [0, 0.05) is 12.7 Å². The van der Waals surface area contributed by atoms with E-state index in [0.29, 0.717) is 6.00 Å². The highest BCUT2D eigenvalue weighted by Crippen LogP contribution is 2.20. The Balaban J connectivity index is 3.04. The average molecular weight is 184 g/mol. The van der Waals surface area contributed by atoms with Crippen molar-refractivity contribution in [2.24, 2.45) is 0 Å². The molecule has 0 aliphatic carbocycles. The van der Waals surface area contributed by atoms with Crippen molar-refractivity contribution in [1.29, 1.82) is 0 Å². The van der Waals surface area contributed by atoms with Crippen LogP contribution in [0.4, 0.5) is 5.69 Å². The topological polar surface area (TPSA) is 3.24 Å². The summed E-state index contributed by atoms with van der Waals surface area (Å²) in [6.07, 6.45) is 0. The van der Waals surface area contributed by atoms with Gasteiger partial charge in [0.1, 0.15) is 0 Å². The first-order valence-corrected chi connectivity index (χ1v) is 4.53. The standard InChI is InChI=1S/C10H14ClN/c1-8-4-5-9(2)10(6-8)12(3)7-11/h4-6H,7H2,1-3H3. The Morgan fingerprint density at radius 1 is 1.33 bits per heavy atom. The molecule has 0 aliphatic heterocycles. The molecular weight excluding hydrogens is 170 g/mol. The summed E-state index contributed by atoms with van der Waals surface area (Å²) in [6.45, 7) is 4.18. The fourth-order valence-electron chi connectivity index (χ4n) is 1.20. The van der Waals surface area contributed by atoms with Crippen LogP contribution in [0.1, 0.15) is 11.1 Å². The number of hydrogen-bond donors (Lipinski definition) is 0. The van der Waals surface area contributed by atoms with Gasteiger partial charge in [-0.25, -0.2) is 0 Å². The van der Waals surface area contributed by atoms with E-state index in [0.717, 1.165) is 0 Å². The maximum atomic E-state index is 5.74. The number of anilines is 1. The lowest BCUT2D eigenvalue weighted by atomic mass is 10.1. The molecule has 1 rings (SSSR count). The highest BCUT2D eigenvalue weighted by molar-refractivity contribution is 6.19. The average Bonchev–Trinajstić information content (AvgIpc) is 2.08. The summed E-state index contributed by atoms with van der Waals surface area (Å²) in [6, 6.07) is 6.91. The van der Waals surface area contributed by atoms with E-state index >= 15 is 0 Å². The molecule has 66 valence electrons. The minimum absolute atomic E-state index is 0.532. The van der Waals surface area contributed by atoms with Crippen LogP contribution in [-0.2, 0) is 0 Å². The Bertz CT molecular complexity index is 271. The third-order valence-corrected chi connectivity index (χ3v) is 2.31. The lowest BCUT2D eigenvalue weighted by molar-refractivity contribution is 1.07. The molecule has 1 aromatic rings.